The number of hydrogen-bond donors (Lipinski definition) is 1. The van der Waals surface area contributed by atoms with Crippen LogP contribution in [0.4, 0.5) is 0 Å². The number of aliphatic hydroxyl groups excluding tert-OH is 1. The second-order valence-electron chi connectivity index (χ2n) is 4.03. The van der Waals surface area contributed by atoms with E-state index in [2.05, 4.69) is 9.97 Å². The Kier molecular flexibility index (Phi) is 4.25. The van der Waals surface area contributed by atoms with E-state index in [1.807, 2.05) is 31.2 Å². The van der Waals surface area contributed by atoms with E-state index in [0.717, 1.165) is 23.4 Å². The van der Waals surface area contributed by atoms with Crippen LogP contribution in [-0.2, 0) is 13.0 Å². The molecule has 2 rings (SSSR count). The lowest BCUT2D eigenvalue weighted by molar-refractivity contribution is 0.277. The van der Waals surface area contributed by atoms with Gasteiger partial charge < -0.3 is 9.84 Å². The van der Waals surface area contributed by atoms with Crippen molar-refractivity contribution in [1.82, 2.24) is 9.97 Å². The lowest BCUT2D eigenvalue weighted by atomic mass is 10.2. The molecule has 0 radical (unpaired) electrons. The van der Waals surface area contributed by atoms with Crippen molar-refractivity contribution >= 4 is 0 Å². The smallest absolute Gasteiger partial charge is 0.213 e. The van der Waals surface area contributed by atoms with Gasteiger partial charge in [-0.1, -0.05) is 6.07 Å². The van der Waals surface area contributed by atoms with Gasteiger partial charge in [-0.3, -0.25) is 4.98 Å². The summed E-state index contributed by atoms with van der Waals surface area (Å²) in [7, 11) is 0. The molecule has 18 heavy (non-hydrogen) atoms. The van der Waals surface area contributed by atoms with Crippen LogP contribution in [0.15, 0.2) is 36.5 Å². The minimum Gasteiger partial charge on any atom is -0.477 e. The number of ether oxygens (including phenoxy) is 1. The molecule has 0 saturated heterocycles. The Hall–Kier alpha value is -1.94. The van der Waals surface area contributed by atoms with E-state index in [9.17, 15) is 0 Å². The lowest BCUT2D eigenvalue weighted by Gasteiger charge is -2.07. The summed E-state index contributed by atoms with van der Waals surface area (Å²) in [6.45, 7) is 2.41. The minimum absolute atomic E-state index is 0.0000389. The molecule has 0 bridgehead atoms. The highest BCUT2D eigenvalue weighted by atomic mass is 16.5. The fourth-order valence-corrected chi connectivity index (χ4v) is 1.68. The van der Waals surface area contributed by atoms with E-state index in [0.29, 0.717) is 12.5 Å². The van der Waals surface area contributed by atoms with Gasteiger partial charge in [0.1, 0.15) is 0 Å². The summed E-state index contributed by atoms with van der Waals surface area (Å²) >= 11 is 0. The third-order valence-electron chi connectivity index (χ3n) is 2.51. The monoisotopic (exact) mass is 244 g/mol. The van der Waals surface area contributed by atoms with Crippen LogP contribution in [0.5, 0.6) is 5.88 Å². The molecule has 0 unspecified atom stereocenters. The van der Waals surface area contributed by atoms with Crippen molar-refractivity contribution in [1.29, 1.82) is 0 Å². The summed E-state index contributed by atoms with van der Waals surface area (Å²) < 4.78 is 5.57. The summed E-state index contributed by atoms with van der Waals surface area (Å²) in [5.74, 6) is 0.551. The van der Waals surface area contributed by atoms with Crippen LogP contribution in [0, 0.1) is 6.92 Å². The van der Waals surface area contributed by atoms with Gasteiger partial charge in [-0.25, -0.2) is 4.98 Å². The van der Waals surface area contributed by atoms with E-state index >= 15 is 0 Å². The summed E-state index contributed by atoms with van der Waals surface area (Å²) in [5.41, 5.74) is 2.65. The van der Waals surface area contributed by atoms with Crippen LogP contribution in [-0.4, -0.2) is 21.7 Å². The van der Waals surface area contributed by atoms with Crippen LogP contribution in [0.1, 0.15) is 17.0 Å². The number of aryl methyl sites for hydroxylation is 1. The number of aliphatic hydroxyl groups is 1. The molecule has 4 heteroatoms. The molecule has 0 spiro atoms. The van der Waals surface area contributed by atoms with Crippen molar-refractivity contribution in [3.8, 4) is 5.88 Å². The molecule has 2 aromatic heterocycles. The third-order valence-corrected chi connectivity index (χ3v) is 2.51. The van der Waals surface area contributed by atoms with Crippen molar-refractivity contribution in [2.45, 2.75) is 20.0 Å². The Morgan fingerprint density at radius 1 is 1.28 bits per heavy atom. The quantitative estimate of drug-likeness (QED) is 0.872. The second kappa shape index (κ2) is 6.12. The van der Waals surface area contributed by atoms with E-state index in [1.165, 1.54) is 0 Å². The number of pyridine rings is 2. The third kappa shape index (κ3) is 3.53. The molecule has 94 valence electrons. The predicted molar refractivity (Wildman–Crippen MR) is 68.3 cm³/mol. The highest BCUT2D eigenvalue weighted by Gasteiger charge is 2.01. The number of rotatable bonds is 5. The lowest BCUT2D eigenvalue weighted by Crippen LogP contribution is -2.04. The maximum absolute atomic E-state index is 9.10. The molecule has 0 fully saturated rings. The number of hydrogen-bond acceptors (Lipinski definition) is 4. The van der Waals surface area contributed by atoms with Crippen LogP contribution >= 0.6 is 0 Å². The van der Waals surface area contributed by atoms with Gasteiger partial charge in [-0.05, 0) is 30.7 Å². The van der Waals surface area contributed by atoms with Crippen LogP contribution in [0.2, 0.25) is 0 Å². The molecule has 0 atom stereocenters. The average Bonchev–Trinajstić information content (AvgIpc) is 2.39. The zero-order chi connectivity index (χ0) is 12.8. The van der Waals surface area contributed by atoms with Gasteiger partial charge in [0.2, 0.25) is 5.88 Å². The highest BCUT2D eigenvalue weighted by molar-refractivity contribution is 5.24. The second-order valence-corrected chi connectivity index (χ2v) is 4.03. The van der Waals surface area contributed by atoms with Crippen molar-refractivity contribution < 1.29 is 9.84 Å². The Morgan fingerprint density at radius 2 is 2.17 bits per heavy atom. The first-order valence-corrected chi connectivity index (χ1v) is 5.89. The highest BCUT2D eigenvalue weighted by Crippen LogP contribution is 2.12. The topological polar surface area (TPSA) is 55.2 Å². The summed E-state index contributed by atoms with van der Waals surface area (Å²) in [6, 6.07) is 9.40. The maximum Gasteiger partial charge on any atom is 0.213 e. The Bertz CT molecular complexity index is 500. The molecule has 0 saturated carbocycles. The van der Waals surface area contributed by atoms with Gasteiger partial charge in [-0.2, -0.15) is 0 Å². The Labute approximate surface area is 106 Å². The predicted octanol–water partition coefficient (Wildman–Crippen LogP) is 1.90. The van der Waals surface area contributed by atoms with Crippen molar-refractivity contribution in [2.24, 2.45) is 0 Å². The molecule has 4 nitrogen and oxygen atoms in total. The fourth-order valence-electron chi connectivity index (χ4n) is 1.68. The molecule has 0 aliphatic rings. The van der Waals surface area contributed by atoms with Crippen LogP contribution in [0.3, 0.4) is 0 Å². The Balaban J connectivity index is 1.92. The number of nitrogens with zero attached hydrogens (tertiary/aromatic N) is 2. The van der Waals surface area contributed by atoms with Gasteiger partial charge in [0, 0.05) is 30.1 Å². The largest absolute Gasteiger partial charge is 0.477 e. The first kappa shape index (κ1) is 12.5. The Morgan fingerprint density at radius 3 is 2.89 bits per heavy atom. The molecule has 0 aliphatic heterocycles. The van der Waals surface area contributed by atoms with Crippen LogP contribution < -0.4 is 4.74 Å². The zero-order valence-electron chi connectivity index (χ0n) is 10.3. The SMILES string of the molecule is Cc1cc(CO)cc(OCCc2ccccn2)n1. The van der Waals surface area contributed by atoms with Crippen molar-refractivity contribution in [2.75, 3.05) is 6.61 Å². The standard InChI is InChI=1S/C14H16N2O2/c1-11-8-12(10-17)9-14(16-11)18-7-5-13-4-2-3-6-15-13/h2-4,6,8-9,17H,5,7,10H2,1H3. The zero-order valence-corrected chi connectivity index (χ0v) is 10.3. The maximum atomic E-state index is 9.10. The molecule has 0 amide bonds. The fraction of sp³-hybridized carbons (Fsp3) is 0.286. The van der Waals surface area contributed by atoms with Gasteiger partial charge in [0.25, 0.3) is 0 Å². The van der Waals surface area contributed by atoms with Crippen molar-refractivity contribution in [3.05, 3.63) is 53.5 Å². The normalized spacial score (nSPS) is 10.3. The average molecular weight is 244 g/mol. The first-order chi connectivity index (χ1) is 8.78. The molecule has 0 aliphatic carbocycles. The van der Waals surface area contributed by atoms with E-state index in [1.54, 1.807) is 12.3 Å². The van der Waals surface area contributed by atoms with Gasteiger partial charge in [0.05, 0.1) is 13.2 Å². The molecular weight excluding hydrogens is 228 g/mol. The summed E-state index contributed by atoms with van der Waals surface area (Å²) in [6.07, 6.45) is 2.51. The molecule has 2 heterocycles. The van der Waals surface area contributed by atoms with Gasteiger partial charge in [-0.15, -0.1) is 0 Å². The molecule has 0 aromatic carbocycles. The van der Waals surface area contributed by atoms with Crippen molar-refractivity contribution in [3.63, 3.8) is 0 Å². The van der Waals surface area contributed by atoms with E-state index in [4.69, 9.17) is 9.84 Å². The summed E-state index contributed by atoms with van der Waals surface area (Å²) in [5, 5.41) is 9.10. The molecular formula is C14H16N2O2. The first-order valence-electron chi connectivity index (χ1n) is 5.89. The minimum atomic E-state index is -0.0000389. The molecule has 2 aromatic rings. The summed E-state index contributed by atoms with van der Waals surface area (Å²) in [4.78, 5) is 8.48. The van der Waals surface area contributed by atoms with Crippen LogP contribution in [0.25, 0.3) is 0 Å². The van der Waals surface area contributed by atoms with E-state index < -0.39 is 0 Å². The number of aromatic nitrogens is 2. The molecule has 1 N–H and O–H groups in total. The van der Waals surface area contributed by atoms with E-state index in [-0.39, 0.29) is 6.61 Å². The van der Waals surface area contributed by atoms with Gasteiger partial charge >= 0.3 is 0 Å². The van der Waals surface area contributed by atoms with Gasteiger partial charge in [0.15, 0.2) is 0 Å².